The van der Waals surface area contributed by atoms with Crippen LogP contribution in [0.3, 0.4) is 0 Å². The number of nitrogens with zero attached hydrogens (tertiary/aromatic N) is 1. The van der Waals surface area contributed by atoms with Crippen molar-refractivity contribution in [2.75, 3.05) is 0 Å². The first-order chi connectivity index (χ1) is 11.4. The highest BCUT2D eigenvalue weighted by Gasteiger charge is 2.14. The molecule has 7 heteroatoms. The third-order valence-electron chi connectivity index (χ3n) is 3.44. The molecular weight excluding hydrogens is 330 g/mol. The fraction of sp³-hybridized carbons (Fsp3) is 0.294. The molecular formula is C17H17NO5S. The van der Waals surface area contributed by atoms with Crippen LogP contribution in [0.15, 0.2) is 30.3 Å². The van der Waals surface area contributed by atoms with E-state index >= 15 is 0 Å². The summed E-state index contributed by atoms with van der Waals surface area (Å²) in [5.41, 5.74) is 1.31. The zero-order chi connectivity index (χ0) is 17.7. The largest absolute Gasteiger partial charge is 0.461 e. The molecule has 2 aromatic rings. The first-order valence-corrected chi connectivity index (χ1v) is 8.17. The second-order valence-corrected chi connectivity index (χ2v) is 6.79. The molecule has 6 nitrogen and oxygen atoms in total. The lowest BCUT2D eigenvalue weighted by atomic mass is 10.1. The summed E-state index contributed by atoms with van der Waals surface area (Å²) in [5.74, 6) is -0.532. The van der Waals surface area contributed by atoms with Gasteiger partial charge in [0.25, 0.3) is 5.69 Å². The fourth-order valence-electron chi connectivity index (χ4n) is 2.21. The number of non-ortho nitro benzene ring substituents is 1. The number of thiophene rings is 1. The predicted octanol–water partition coefficient (Wildman–Crippen LogP) is 3.98. The van der Waals surface area contributed by atoms with Crippen molar-refractivity contribution in [3.8, 4) is 0 Å². The molecule has 1 heterocycles. The standard InChI is InChI=1S/C17H17NO5S/c1-11-9-15(12(2)24-11)16(19)7-8-17(20)23-10-13-3-5-14(6-4-13)18(21)22/h3-6,9H,7-8,10H2,1-2H3. The first-order valence-electron chi connectivity index (χ1n) is 7.36. The minimum atomic E-state index is -0.491. The average Bonchev–Trinajstić information content (AvgIpc) is 2.89. The number of carbonyl (C=O) groups is 2. The van der Waals surface area contributed by atoms with Gasteiger partial charge < -0.3 is 4.74 Å². The summed E-state index contributed by atoms with van der Waals surface area (Å²) < 4.78 is 5.09. The summed E-state index contributed by atoms with van der Waals surface area (Å²) in [7, 11) is 0. The molecule has 0 aliphatic heterocycles. The van der Waals surface area contributed by atoms with E-state index in [1.807, 2.05) is 19.9 Å². The highest BCUT2D eigenvalue weighted by molar-refractivity contribution is 7.12. The molecule has 0 spiro atoms. The maximum atomic E-state index is 12.1. The number of rotatable bonds is 7. The van der Waals surface area contributed by atoms with Crippen LogP contribution in [-0.2, 0) is 16.1 Å². The van der Waals surface area contributed by atoms with Crippen molar-refractivity contribution in [2.45, 2.75) is 33.3 Å². The van der Waals surface area contributed by atoms with Gasteiger partial charge in [0, 0.05) is 33.9 Å². The van der Waals surface area contributed by atoms with Gasteiger partial charge in [-0.25, -0.2) is 0 Å². The van der Waals surface area contributed by atoms with Crippen LogP contribution in [-0.4, -0.2) is 16.7 Å². The van der Waals surface area contributed by atoms with Crippen LogP contribution in [0.4, 0.5) is 5.69 Å². The molecule has 0 fully saturated rings. The van der Waals surface area contributed by atoms with Gasteiger partial charge in [-0.1, -0.05) is 0 Å². The fourth-order valence-corrected chi connectivity index (χ4v) is 3.15. The molecule has 1 aromatic carbocycles. The lowest BCUT2D eigenvalue weighted by Gasteiger charge is -2.05. The Balaban J connectivity index is 1.80. The number of nitro groups is 1. The quantitative estimate of drug-likeness (QED) is 0.327. The molecule has 0 aliphatic carbocycles. The van der Waals surface area contributed by atoms with E-state index in [2.05, 4.69) is 0 Å². The van der Waals surface area contributed by atoms with Gasteiger partial charge in [-0.05, 0) is 37.6 Å². The molecule has 0 saturated carbocycles. The Morgan fingerprint density at radius 2 is 1.83 bits per heavy atom. The Morgan fingerprint density at radius 3 is 2.38 bits per heavy atom. The van der Waals surface area contributed by atoms with Crippen LogP contribution in [0, 0.1) is 24.0 Å². The van der Waals surface area contributed by atoms with E-state index in [1.165, 1.54) is 24.3 Å². The van der Waals surface area contributed by atoms with E-state index < -0.39 is 10.9 Å². The molecule has 24 heavy (non-hydrogen) atoms. The van der Waals surface area contributed by atoms with Crippen molar-refractivity contribution in [3.63, 3.8) is 0 Å². The Bertz CT molecular complexity index is 764. The summed E-state index contributed by atoms with van der Waals surface area (Å²) in [6.45, 7) is 3.85. The number of ether oxygens (including phenoxy) is 1. The van der Waals surface area contributed by atoms with Gasteiger partial charge in [-0.15, -0.1) is 11.3 Å². The highest BCUT2D eigenvalue weighted by Crippen LogP contribution is 2.22. The molecule has 0 unspecified atom stereocenters. The second kappa shape index (κ2) is 7.83. The Kier molecular flexibility index (Phi) is 5.81. The number of nitro benzene ring substituents is 1. The van der Waals surface area contributed by atoms with E-state index in [0.717, 1.165) is 9.75 Å². The monoisotopic (exact) mass is 347 g/mol. The smallest absolute Gasteiger partial charge is 0.306 e. The Hall–Kier alpha value is -2.54. The molecule has 0 aliphatic rings. The summed E-state index contributed by atoms with van der Waals surface area (Å²) in [6, 6.07) is 7.62. The van der Waals surface area contributed by atoms with Crippen LogP contribution in [0.25, 0.3) is 0 Å². The van der Waals surface area contributed by atoms with Crippen molar-refractivity contribution < 1.29 is 19.2 Å². The predicted molar refractivity (Wildman–Crippen MR) is 90.2 cm³/mol. The summed E-state index contributed by atoms with van der Waals surface area (Å²) in [5, 5.41) is 10.6. The number of Topliss-reactive ketones (excluding diaryl/α,β-unsaturated/α-hetero) is 1. The van der Waals surface area contributed by atoms with Gasteiger partial charge >= 0.3 is 5.97 Å². The van der Waals surface area contributed by atoms with E-state index in [1.54, 1.807) is 11.3 Å². The van der Waals surface area contributed by atoms with Crippen molar-refractivity contribution in [1.82, 2.24) is 0 Å². The van der Waals surface area contributed by atoms with Gasteiger partial charge in [0.2, 0.25) is 0 Å². The second-order valence-electron chi connectivity index (χ2n) is 5.33. The lowest BCUT2D eigenvalue weighted by Crippen LogP contribution is -2.08. The van der Waals surface area contributed by atoms with Crippen LogP contribution in [0.5, 0.6) is 0 Å². The number of benzene rings is 1. The van der Waals surface area contributed by atoms with Crippen LogP contribution < -0.4 is 0 Å². The van der Waals surface area contributed by atoms with E-state index in [0.29, 0.717) is 11.1 Å². The van der Waals surface area contributed by atoms with E-state index in [-0.39, 0.29) is 30.9 Å². The molecule has 0 radical (unpaired) electrons. The summed E-state index contributed by atoms with van der Waals surface area (Å²) >= 11 is 1.56. The van der Waals surface area contributed by atoms with Gasteiger partial charge in [0.05, 0.1) is 11.3 Å². The minimum absolute atomic E-state index is 0.0140. The third-order valence-corrected chi connectivity index (χ3v) is 4.41. The number of esters is 1. The number of aryl methyl sites for hydroxylation is 2. The number of hydrogen-bond donors (Lipinski definition) is 0. The van der Waals surface area contributed by atoms with Crippen LogP contribution >= 0.6 is 11.3 Å². The minimum Gasteiger partial charge on any atom is -0.461 e. The molecule has 2 rings (SSSR count). The molecule has 0 amide bonds. The summed E-state index contributed by atoms with van der Waals surface area (Å²) in [4.78, 5) is 35.9. The van der Waals surface area contributed by atoms with Crippen molar-refractivity contribution in [3.05, 3.63) is 61.3 Å². The van der Waals surface area contributed by atoms with Crippen molar-refractivity contribution >= 4 is 28.8 Å². The van der Waals surface area contributed by atoms with Crippen molar-refractivity contribution in [2.24, 2.45) is 0 Å². The maximum Gasteiger partial charge on any atom is 0.306 e. The van der Waals surface area contributed by atoms with Gasteiger partial charge in [0.15, 0.2) is 5.78 Å². The van der Waals surface area contributed by atoms with Crippen molar-refractivity contribution in [1.29, 1.82) is 0 Å². The third kappa shape index (κ3) is 4.73. The molecule has 126 valence electrons. The normalized spacial score (nSPS) is 10.4. The Morgan fingerprint density at radius 1 is 1.17 bits per heavy atom. The molecule has 0 N–H and O–H groups in total. The van der Waals surface area contributed by atoms with Gasteiger partial charge in [-0.2, -0.15) is 0 Å². The maximum absolute atomic E-state index is 12.1. The molecule has 0 atom stereocenters. The molecule has 0 saturated heterocycles. The SMILES string of the molecule is Cc1cc(C(=O)CCC(=O)OCc2ccc([N+](=O)[O-])cc2)c(C)s1. The average molecular weight is 347 g/mol. The number of ketones is 1. The van der Waals surface area contributed by atoms with Crippen LogP contribution in [0.2, 0.25) is 0 Å². The van der Waals surface area contributed by atoms with E-state index in [4.69, 9.17) is 4.74 Å². The number of carbonyl (C=O) groups excluding carboxylic acids is 2. The topological polar surface area (TPSA) is 86.5 Å². The zero-order valence-corrected chi connectivity index (χ0v) is 14.2. The number of hydrogen-bond acceptors (Lipinski definition) is 6. The van der Waals surface area contributed by atoms with Crippen LogP contribution in [0.1, 0.15) is 38.5 Å². The zero-order valence-electron chi connectivity index (χ0n) is 13.4. The molecule has 0 bridgehead atoms. The highest BCUT2D eigenvalue weighted by atomic mass is 32.1. The summed E-state index contributed by atoms with van der Waals surface area (Å²) in [6.07, 6.45) is 0.121. The van der Waals surface area contributed by atoms with Gasteiger partial charge in [0.1, 0.15) is 6.61 Å². The molecule has 1 aromatic heterocycles. The van der Waals surface area contributed by atoms with Gasteiger partial charge in [-0.3, -0.25) is 19.7 Å². The first kappa shape index (κ1) is 17.8. The Labute approximate surface area is 143 Å². The van der Waals surface area contributed by atoms with E-state index in [9.17, 15) is 19.7 Å². The lowest BCUT2D eigenvalue weighted by molar-refractivity contribution is -0.384.